The van der Waals surface area contributed by atoms with Gasteiger partial charge < -0.3 is 0 Å². The van der Waals surface area contributed by atoms with E-state index in [-0.39, 0.29) is 16.7 Å². The minimum Gasteiger partial charge on any atom is -0.262 e. The maximum Gasteiger partial charge on any atom is 0.357 e. The summed E-state index contributed by atoms with van der Waals surface area (Å²) in [6.07, 6.45) is 6.50. The number of H-pyrrole nitrogens is 1. The summed E-state index contributed by atoms with van der Waals surface area (Å²) in [6, 6.07) is 9.69. The predicted octanol–water partition coefficient (Wildman–Crippen LogP) is 3.46. The molecule has 0 fully saturated rings. The molecular formula is C17H20N3O2+. The fourth-order valence-electron chi connectivity index (χ4n) is 3.02. The number of nitrogens with zero attached hydrogens (tertiary/aromatic N) is 1. The summed E-state index contributed by atoms with van der Waals surface area (Å²) in [5.41, 5.74) is 4.09. The molecule has 0 bridgehead atoms. The lowest BCUT2D eigenvalue weighted by molar-refractivity contribution is -0.409. The number of benzene rings is 1. The Balaban J connectivity index is 1.83. The molecule has 0 saturated heterocycles. The van der Waals surface area contributed by atoms with Crippen LogP contribution in [0.4, 0.5) is 11.5 Å². The minimum absolute atomic E-state index is 0.00424. The smallest absolute Gasteiger partial charge is 0.262 e. The molecule has 5 nitrogen and oxygen atoms in total. The molecule has 114 valence electrons. The van der Waals surface area contributed by atoms with E-state index in [4.69, 9.17) is 0 Å². The molecule has 1 aromatic carbocycles. The molecule has 1 aromatic heterocycles. The zero-order valence-corrected chi connectivity index (χ0v) is 12.6. The quantitative estimate of drug-likeness (QED) is 0.694. The second kappa shape index (κ2) is 6.13. The molecule has 1 aliphatic carbocycles. The summed E-state index contributed by atoms with van der Waals surface area (Å²) in [5, 5.41) is 14.3. The second-order valence-electron chi connectivity index (χ2n) is 5.79. The fourth-order valence-corrected chi connectivity index (χ4v) is 3.02. The normalized spacial score (nSPS) is 15.0. The first-order valence-corrected chi connectivity index (χ1v) is 7.68. The molecule has 0 aliphatic heterocycles. The van der Waals surface area contributed by atoms with Crippen molar-refractivity contribution in [3.8, 4) is 0 Å². The highest BCUT2D eigenvalue weighted by molar-refractivity contribution is 5.52. The van der Waals surface area contributed by atoms with Crippen molar-refractivity contribution in [3.05, 3.63) is 63.3 Å². The Morgan fingerprint density at radius 1 is 1.23 bits per heavy atom. The van der Waals surface area contributed by atoms with E-state index in [2.05, 4.69) is 28.5 Å². The van der Waals surface area contributed by atoms with Crippen molar-refractivity contribution >= 4 is 11.5 Å². The van der Waals surface area contributed by atoms with Gasteiger partial charge in [-0.2, -0.15) is 0 Å². The highest BCUT2D eigenvalue weighted by Crippen LogP contribution is 2.27. The first kappa shape index (κ1) is 14.5. The van der Waals surface area contributed by atoms with Gasteiger partial charge in [0.05, 0.1) is 11.1 Å². The van der Waals surface area contributed by atoms with Gasteiger partial charge in [-0.3, -0.25) is 15.4 Å². The Labute approximate surface area is 129 Å². The van der Waals surface area contributed by atoms with Gasteiger partial charge in [0.15, 0.2) is 0 Å². The summed E-state index contributed by atoms with van der Waals surface area (Å²) in [5.74, 6) is 0.442. The van der Waals surface area contributed by atoms with Crippen LogP contribution in [0.25, 0.3) is 0 Å². The lowest BCUT2D eigenvalue weighted by Gasteiger charge is -2.18. The Kier molecular flexibility index (Phi) is 4.04. The number of fused-ring (bicyclic) bond motifs is 1. The van der Waals surface area contributed by atoms with Crippen LogP contribution in [0.5, 0.6) is 0 Å². The Bertz CT molecular complexity index is 700. The lowest BCUT2D eigenvalue weighted by atomic mass is 9.89. The molecular weight excluding hydrogens is 278 g/mol. The van der Waals surface area contributed by atoms with Crippen LogP contribution < -0.4 is 10.3 Å². The number of aromatic nitrogens is 1. The van der Waals surface area contributed by atoms with E-state index in [0.29, 0.717) is 5.82 Å². The number of hydrogen-bond acceptors (Lipinski definition) is 3. The SMILES string of the molecule is C[C@@H](Nc1[nH+]cccc1[N+](=O)[O-])c1ccc2c(c1)CCCC2. The van der Waals surface area contributed by atoms with Gasteiger partial charge in [-0.1, -0.05) is 18.2 Å². The van der Waals surface area contributed by atoms with Crippen molar-refractivity contribution in [2.75, 3.05) is 5.32 Å². The van der Waals surface area contributed by atoms with Gasteiger partial charge in [0.25, 0.3) is 0 Å². The van der Waals surface area contributed by atoms with Crippen LogP contribution in [0.2, 0.25) is 0 Å². The first-order chi connectivity index (χ1) is 10.6. The third-order valence-electron chi connectivity index (χ3n) is 4.26. The van der Waals surface area contributed by atoms with Crippen molar-refractivity contribution in [1.82, 2.24) is 0 Å². The van der Waals surface area contributed by atoms with E-state index in [1.165, 1.54) is 30.0 Å². The maximum absolute atomic E-state index is 11.1. The molecule has 2 aromatic rings. The molecule has 0 radical (unpaired) electrons. The standard InChI is InChI=1S/C17H19N3O2/c1-12(19-17-16(20(21)22)7-4-10-18-17)14-9-8-13-5-2-3-6-15(13)11-14/h4,7-12H,2-3,5-6H2,1H3,(H,18,19)/p+1/t12-/m1/s1. The van der Waals surface area contributed by atoms with Crippen LogP contribution in [0.1, 0.15) is 42.5 Å². The number of anilines is 1. The van der Waals surface area contributed by atoms with Gasteiger partial charge in [0.1, 0.15) is 6.04 Å². The Morgan fingerprint density at radius 2 is 2.00 bits per heavy atom. The maximum atomic E-state index is 11.1. The Hall–Kier alpha value is -2.43. The molecule has 1 aliphatic rings. The van der Waals surface area contributed by atoms with Gasteiger partial charge in [-0.15, -0.1) is 0 Å². The number of nitrogens with one attached hydrogen (secondary N) is 2. The number of rotatable bonds is 4. The molecule has 0 saturated carbocycles. The van der Waals surface area contributed by atoms with Gasteiger partial charge in [0, 0.05) is 6.07 Å². The third-order valence-corrected chi connectivity index (χ3v) is 4.26. The number of nitro groups is 1. The fraction of sp³-hybridized carbons (Fsp3) is 0.353. The highest BCUT2D eigenvalue weighted by Gasteiger charge is 2.23. The van der Waals surface area contributed by atoms with E-state index in [0.717, 1.165) is 18.4 Å². The molecule has 2 N–H and O–H groups in total. The molecule has 3 rings (SSSR count). The zero-order chi connectivity index (χ0) is 15.5. The van der Waals surface area contributed by atoms with Crippen LogP contribution >= 0.6 is 0 Å². The first-order valence-electron chi connectivity index (χ1n) is 7.68. The topological polar surface area (TPSA) is 69.3 Å². The summed E-state index contributed by atoms with van der Waals surface area (Å²) in [6.45, 7) is 2.02. The van der Waals surface area contributed by atoms with Crippen LogP contribution in [0.3, 0.4) is 0 Å². The van der Waals surface area contributed by atoms with Crippen LogP contribution in [-0.4, -0.2) is 4.92 Å². The van der Waals surface area contributed by atoms with Gasteiger partial charge >= 0.3 is 11.5 Å². The largest absolute Gasteiger partial charge is 0.357 e. The van der Waals surface area contributed by atoms with E-state index >= 15 is 0 Å². The van der Waals surface area contributed by atoms with Crippen molar-refractivity contribution < 1.29 is 9.91 Å². The van der Waals surface area contributed by atoms with E-state index < -0.39 is 0 Å². The third kappa shape index (κ3) is 2.93. The molecule has 5 heteroatoms. The van der Waals surface area contributed by atoms with Crippen LogP contribution in [0, 0.1) is 10.1 Å². The molecule has 22 heavy (non-hydrogen) atoms. The molecule has 1 heterocycles. The van der Waals surface area contributed by atoms with Crippen molar-refractivity contribution in [2.24, 2.45) is 0 Å². The zero-order valence-electron chi connectivity index (χ0n) is 12.6. The second-order valence-corrected chi connectivity index (χ2v) is 5.79. The number of aromatic amines is 1. The van der Waals surface area contributed by atoms with E-state index in [9.17, 15) is 10.1 Å². The molecule has 0 amide bonds. The van der Waals surface area contributed by atoms with Crippen molar-refractivity contribution in [1.29, 1.82) is 0 Å². The van der Waals surface area contributed by atoms with E-state index in [1.807, 2.05) is 6.92 Å². The lowest BCUT2D eigenvalue weighted by Crippen LogP contribution is -2.18. The number of pyridine rings is 1. The van der Waals surface area contributed by atoms with Crippen LogP contribution in [0.15, 0.2) is 36.5 Å². The highest BCUT2D eigenvalue weighted by atomic mass is 16.6. The van der Waals surface area contributed by atoms with Gasteiger partial charge in [-0.25, -0.2) is 4.98 Å². The summed E-state index contributed by atoms with van der Waals surface area (Å²) < 4.78 is 0. The average molecular weight is 298 g/mol. The summed E-state index contributed by atoms with van der Waals surface area (Å²) in [4.78, 5) is 13.6. The number of aryl methyl sites for hydroxylation is 2. The van der Waals surface area contributed by atoms with Gasteiger partial charge in [-0.05, 0) is 55.4 Å². The molecule has 1 atom stereocenters. The predicted molar refractivity (Wildman–Crippen MR) is 84.8 cm³/mol. The van der Waals surface area contributed by atoms with E-state index in [1.54, 1.807) is 12.3 Å². The monoisotopic (exact) mass is 298 g/mol. The Morgan fingerprint density at radius 3 is 2.77 bits per heavy atom. The summed E-state index contributed by atoms with van der Waals surface area (Å²) >= 11 is 0. The minimum atomic E-state index is -0.377. The van der Waals surface area contributed by atoms with Gasteiger partial charge in [0.2, 0.25) is 0 Å². The van der Waals surface area contributed by atoms with Crippen molar-refractivity contribution in [3.63, 3.8) is 0 Å². The summed E-state index contributed by atoms with van der Waals surface area (Å²) in [7, 11) is 0. The number of hydrogen-bond donors (Lipinski definition) is 1. The van der Waals surface area contributed by atoms with Crippen LogP contribution in [-0.2, 0) is 12.8 Å². The molecule has 0 unspecified atom stereocenters. The average Bonchev–Trinajstić information content (AvgIpc) is 2.54. The van der Waals surface area contributed by atoms with Crippen molar-refractivity contribution in [2.45, 2.75) is 38.6 Å². The molecule has 0 spiro atoms.